The highest BCUT2D eigenvalue weighted by Crippen LogP contribution is 2.02. The molecule has 0 spiro atoms. The van der Waals surface area contributed by atoms with Crippen LogP contribution in [0.1, 0.15) is 13.8 Å². The van der Waals surface area contributed by atoms with E-state index in [4.69, 9.17) is 0 Å². The maximum atomic E-state index is 3.81. The van der Waals surface area contributed by atoms with Crippen molar-refractivity contribution in [3.63, 3.8) is 0 Å². The van der Waals surface area contributed by atoms with Crippen LogP contribution < -0.4 is 5.43 Å². The fourth-order valence-electron chi connectivity index (χ4n) is 0.832. The van der Waals surface area contributed by atoms with Crippen molar-refractivity contribution in [1.29, 1.82) is 0 Å². The highest BCUT2D eigenvalue weighted by Gasteiger charge is 2.04. The van der Waals surface area contributed by atoms with E-state index in [1.165, 1.54) is 0 Å². The number of rotatable bonds is 4. The van der Waals surface area contributed by atoms with Crippen LogP contribution >= 0.6 is 0 Å². The first-order valence-electron chi connectivity index (χ1n) is 3.41. The molecular formula is C8H16N2. The third kappa shape index (κ3) is 2.23. The average molecular weight is 140 g/mol. The summed E-state index contributed by atoms with van der Waals surface area (Å²) in [6.45, 7) is 11.6. The number of hydrogen-bond donors (Lipinski definition) is 1. The van der Waals surface area contributed by atoms with Gasteiger partial charge in [-0.05, 0) is 19.9 Å². The number of allylic oxidation sites excluding steroid dienone is 1. The van der Waals surface area contributed by atoms with Gasteiger partial charge in [-0.3, -0.25) is 0 Å². The lowest BCUT2D eigenvalue weighted by Crippen LogP contribution is -2.38. The minimum atomic E-state index is 0.412. The van der Waals surface area contributed by atoms with Crippen LogP contribution in [0.4, 0.5) is 0 Å². The van der Waals surface area contributed by atoms with Gasteiger partial charge in [0.25, 0.3) is 0 Å². The maximum absolute atomic E-state index is 3.81. The Labute approximate surface area is 63.2 Å². The van der Waals surface area contributed by atoms with Gasteiger partial charge in [0.2, 0.25) is 0 Å². The molecule has 0 bridgehead atoms. The lowest BCUT2D eigenvalue weighted by atomic mass is 10.3. The minimum Gasteiger partial charge on any atom is -0.307 e. The molecule has 0 aromatic rings. The van der Waals surface area contributed by atoms with E-state index < -0.39 is 0 Å². The zero-order valence-electron chi connectivity index (χ0n) is 7.02. The molecule has 0 unspecified atom stereocenters. The van der Waals surface area contributed by atoms with Gasteiger partial charge < -0.3 is 5.01 Å². The van der Waals surface area contributed by atoms with Crippen LogP contribution in [0, 0.1) is 0 Å². The Morgan fingerprint density at radius 3 is 2.20 bits per heavy atom. The summed E-state index contributed by atoms with van der Waals surface area (Å²) in [6.07, 6.45) is 1.73. The van der Waals surface area contributed by atoms with Gasteiger partial charge in [-0.25, -0.2) is 5.43 Å². The van der Waals surface area contributed by atoms with E-state index in [1.54, 1.807) is 6.08 Å². The van der Waals surface area contributed by atoms with Crippen molar-refractivity contribution in [3.05, 3.63) is 24.9 Å². The molecule has 0 aromatic carbocycles. The molecule has 0 radical (unpaired) electrons. The van der Waals surface area contributed by atoms with Crippen molar-refractivity contribution >= 4 is 0 Å². The molecular weight excluding hydrogens is 124 g/mol. The second kappa shape index (κ2) is 4.12. The van der Waals surface area contributed by atoms with Gasteiger partial charge in [-0.1, -0.05) is 13.2 Å². The fourth-order valence-corrected chi connectivity index (χ4v) is 0.832. The van der Waals surface area contributed by atoms with Crippen molar-refractivity contribution < 1.29 is 0 Å². The molecule has 0 aliphatic rings. The number of hydrogen-bond acceptors (Lipinski definition) is 2. The van der Waals surface area contributed by atoms with Crippen molar-refractivity contribution in [2.45, 2.75) is 19.9 Å². The SMILES string of the molecule is C=CC(=C)N(NC)C(C)C. The second-order valence-corrected chi connectivity index (χ2v) is 2.38. The number of nitrogens with zero attached hydrogens (tertiary/aromatic N) is 1. The van der Waals surface area contributed by atoms with E-state index in [9.17, 15) is 0 Å². The first kappa shape index (κ1) is 9.24. The molecule has 0 aliphatic carbocycles. The summed E-state index contributed by atoms with van der Waals surface area (Å²) in [4.78, 5) is 0. The molecule has 0 amide bonds. The molecule has 58 valence electrons. The monoisotopic (exact) mass is 140 g/mol. The molecule has 0 fully saturated rings. The molecule has 2 heteroatoms. The molecule has 0 saturated carbocycles. The van der Waals surface area contributed by atoms with E-state index in [2.05, 4.69) is 32.4 Å². The molecule has 10 heavy (non-hydrogen) atoms. The quantitative estimate of drug-likeness (QED) is 0.470. The molecule has 1 N–H and O–H groups in total. The van der Waals surface area contributed by atoms with Crippen LogP contribution in [-0.2, 0) is 0 Å². The van der Waals surface area contributed by atoms with Crippen LogP contribution in [0.2, 0.25) is 0 Å². The first-order chi connectivity index (χ1) is 4.63. The highest BCUT2D eigenvalue weighted by molar-refractivity contribution is 5.09. The van der Waals surface area contributed by atoms with Gasteiger partial charge in [0.15, 0.2) is 0 Å². The summed E-state index contributed by atoms with van der Waals surface area (Å²) < 4.78 is 0. The minimum absolute atomic E-state index is 0.412. The lowest BCUT2D eigenvalue weighted by molar-refractivity contribution is 0.226. The summed E-state index contributed by atoms with van der Waals surface area (Å²) in [5, 5.41) is 1.95. The van der Waals surface area contributed by atoms with Gasteiger partial charge in [0.05, 0.1) is 0 Å². The molecule has 0 saturated heterocycles. The van der Waals surface area contributed by atoms with Gasteiger partial charge in [-0.2, -0.15) is 0 Å². The summed E-state index contributed by atoms with van der Waals surface area (Å²) in [5.74, 6) is 0. The van der Waals surface area contributed by atoms with Crippen molar-refractivity contribution in [2.24, 2.45) is 0 Å². The van der Waals surface area contributed by atoms with Crippen LogP contribution in [0.3, 0.4) is 0 Å². The Morgan fingerprint density at radius 2 is 2.10 bits per heavy atom. The van der Waals surface area contributed by atoms with E-state index in [0.717, 1.165) is 5.70 Å². The van der Waals surface area contributed by atoms with E-state index >= 15 is 0 Å². The first-order valence-corrected chi connectivity index (χ1v) is 3.41. The summed E-state index contributed by atoms with van der Waals surface area (Å²) in [5.41, 5.74) is 3.92. The van der Waals surface area contributed by atoms with Crippen molar-refractivity contribution in [2.75, 3.05) is 7.05 Å². The maximum Gasteiger partial charge on any atom is 0.0444 e. The topological polar surface area (TPSA) is 15.3 Å². The Morgan fingerprint density at radius 1 is 1.60 bits per heavy atom. The Hall–Kier alpha value is -0.760. The standard InChI is InChI=1S/C8H16N2/c1-6-8(4)10(9-5)7(2)3/h6-7,9H,1,4H2,2-3,5H3. The smallest absolute Gasteiger partial charge is 0.0444 e. The van der Waals surface area contributed by atoms with Crippen LogP contribution in [0.25, 0.3) is 0 Å². The van der Waals surface area contributed by atoms with E-state index in [-0.39, 0.29) is 0 Å². The van der Waals surface area contributed by atoms with Gasteiger partial charge in [0.1, 0.15) is 0 Å². The predicted octanol–water partition coefficient (Wildman–Crippen LogP) is 1.53. The third-order valence-electron chi connectivity index (χ3n) is 1.30. The molecule has 0 heterocycles. The Kier molecular flexibility index (Phi) is 3.81. The fraction of sp³-hybridized carbons (Fsp3) is 0.500. The van der Waals surface area contributed by atoms with Crippen LogP contribution in [0.15, 0.2) is 24.9 Å². The molecule has 0 atom stereocenters. The van der Waals surface area contributed by atoms with Crippen molar-refractivity contribution in [3.8, 4) is 0 Å². The lowest BCUT2D eigenvalue weighted by Gasteiger charge is -2.27. The van der Waals surface area contributed by atoms with Crippen LogP contribution in [-0.4, -0.2) is 18.1 Å². The van der Waals surface area contributed by atoms with Crippen molar-refractivity contribution in [1.82, 2.24) is 10.4 Å². The van der Waals surface area contributed by atoms with E-state index in [0.29, 0.717) is 6.04 Å². The molecule has 0 aliphatic heterocycles. The summed E-state index contributed by atoms with van der Waals surface area (Å²) in [6, 6.07) is 0.412. The van der Waals surface area contributed by atoms with Gasteiger partial charge in [0, 0.05) is 18.8 Å². The predicted molar refractivity (Wildman–Crippen MR) is 45.4 cm³/mol. The van der Waals surface area contributed by atoms with Crippen LogP contribution in [0.5, 0.6) is 0 Å². The second-order valence-electron chi connectivity index (χ2n) is 2.38. The zero-order valence-corrected chi connectivity index (χ0v) is 7.02. The third-order valence-corrected chi connectivity index (χ3v) is 1.30. The number of nitrogens with one attached hydrogen (secondary N) is 1. The molecule has 2 nitrogen and oxygen atoms in total. The largest absolute Gasteiger partial charge is 0.307 e. The average Bonchev–Trinajstić information content (AvgIpc) is 1.88. The molecule has 0 rings (SSSR count). The molecule has 0 aromatic heterocycles. The summed E-state index contributed by atoms with van der Waals surface area (Å²) >= 11 is 0. The Balaban J connectivity index is 4.06. The normalized spacial score (nSPS) is 9.60. The highest BCUT2D eigenvalue weighted by atomic mass is 15.5. The summed E-state index contributed by atoms with van der Waals surface area (Å²) in [7, 11) is 1.87. The Bertz CT molecular complexity index is 127. The van der Waals surface area contributed by atoms with Gasteiger partial charge >= 0.3 is 0 Å². The van der Waals surface area contributed by atoms with Gasteiger partial charge in [-0.15, -0.1) is 0 Å². The van der Waals surface area contributed by atoms with E-state index in [1.807, 2.05) is 12.1 Å². The zero-order chi connectivity index (χ0) is 8.15. The number of hydrazine groups is 1.